The minimum atomic E-state index is -3.83. The van der Waals surface area contributed by atoms with Crippen LogP contribution in [0, 0.1) is 12.8 Å². The zero-order chi connectivity index (χ0) is 28.2. The largest absolute Gasteiger partial charge is 0.491 e. The molecular weight excluding hydrogens is 528 g/mol. The molecule has 1 aliphatic rings. The van der Waals surface area contributed by atoms with Crippen molar-refractivity contribution < 1.29 is 17.9 Å². The Bertz CT molecular complexity index is 1350. The first kappa shape index (κ1) is 29.3. The van der Waals surface area contributed by atoms with Gasteiger partial charge in [0.2, 0.25) is 15.9 Å². The Kier molecular flexibility index (Phi) is 9.51. The van der Waals surface area contributed by atoms with E-state index in [2.05, 4.69) is 37.4 Å². The second-order valence-electron chi connectivity index (χ2n) is 10.8. The fraction of sp³-hybridized carbons (Fsp3) is 0.452. The number of hydrogen-bond acceptors (Lipinski definition) is 5. The van der Waals surface area contributed by atoms with Crippen molar-refractivity contribution in [3.63, 3.8) is 0 Å². The molecule has 1 aromatic heterocycles. The first-order chi connectivity index (χ1) is 18.6. The van der Waals surface area contributed by atoms with Crippen molar-refractivity contribution in [2.75, 3.05) is 26.2 Å². The summed E-state index contributed by atoms with van der Waals surface area (Å²) < 4.78 is 34.9. The Labute approximate surface area is 237 Å². The van der Waals surface area contributed by atoms with Crippen LogP contribution in [0.15, 0.2) is 64.9 Å². The maximum Gasteiger partial charge on any atom is 0.243 e. The number of thiophene rings is 1. The number of carbonyl (C=O) groups excluding carboxylic acids is 1. The topological polar surface area (TPSA) is 66.9 Å². The van der Waals surface area contributed by atoms with Gasteiger partial charge in [-0.15, -0.1) is 11.3 Å². The smallest absolute Gasteiger partial charge is 0.243 e. The minimum absolute atomic E-state index is 0.121. The van der Waals surface area contributed by atoms with Gasteiger partial charge in [0.1, 0.15) is 12.4 Å². The van der Waals surface area contributed by atoms with E-state index in [9.17, 15) is 13.2 Å². The van der Waals surface area contributed by atoms with Gasteiger partial charge < -0.3 is 9.64 Å². The molecule has 0 saturated heterocycles. The van der Waals surface area contributed by atoms with Crippen molar-refractivity contribution in [2.24, 2.45) is 5.92 Å². The predicted octanol–water partition coefficient (Wildman–Crippen LogP) is 6.42. The molecule has 8 heteroatoms. The second kappa shape index (κ2) is 12.7. The van der Waals surface area contributed by atoms with Crippen LogP contribution in [-0.2, 0) is 21.2 Å². The van der Waals surface area contributed by atoms with E-state index in [1.54, 1.807) is 35.6 Å². The number of rotatable bonds is 11. The Hall–Kier alpha value is -2.68. The number of fused-ring (bicyclic) bond motifs is 1. The number of benzene rings is 2. The molecule has 210 valence electrons. The van der Waals surface area contributed by atoms with Gasteiger partial charge in [0, 0.05) is 18.0 Å². The van der Waals surface area contributed by atoms with Crippen molar-refractivity contribution in [3.05, 3.63) is 81.5 Å². The van der Waals surface area contributed by atoms with E-state index >= 15 is 0 Å². The Morgan fingerprint density at radius 1 is 1.08 bits per heavy atom. The number of amides is 1. The van der Waals surface area contributed by atoms with Crippen molar-refractivity contribution in [2.45, 2.75) is 64.3 Å². The normalized spacial score (nSPS) is 16.4. The molecule has 39 heavy (non-hydrogen) atoms. The quantitative estimate of drug-likeness (QED) is 0.268. The zero-order valence-electron chi connectivity index (χ0n) is 23.6. The lowest BCUT2D eigenvalue weighted by Crippen LogP contribution is -2.48. The van der Waals surface area contributed by atoms with Crippen molar-refractivity contribution in [3.8, 4) is 5.75 Å². The highest BCUT2D eigenvalue weighted by Crippen LogP contribution is 2.34. The zero-order valence-corrected chi connectivity index (χ0v) is 25.2. The van der Waals surface area contributed by atoms with Gasteiger partial charge in [-0.05, 0) is 72.0 Å². The lowest BCUT2D eigenvalue weighted by atomic mass is 10.00. The number of nitrogens with zero attached hydrogens (tertiary/aromatic N) is 2. The summed E-state index contributed by atoms with van der Waals surface area (Å²) >= 11 is 1.70. The second-order valence-corrected chi connectivity index (χ2v) is 13.7. The average Bonchev–Trinajstić information content (AvgIpc) is 3.41. The number of sulfonamides is 1. The maximum atomic E-state index is 13.9. The lowest BCUT2D eigenvalue weighted by molar-refractivity contribution is -0.135. The molecule has 2 heterocycles. The summed E-state index contributed by atoms with van der Waals surface area (Å²) in [7, 11) is -3.83. The van der Waals surface area contributed by atoms with Gasteiger partial charge in [0.15, 0.2) is 0 Å². The first-order valence-electron chi connectivity index (χ1n) is 13.8. The van der Waals surface area contributed by atoms with E-state index in [1.165, 1.54) is 14.7 Å². The molecule has 0 unspecified atom stereocenters. The van der Waals surface area contributed by atoms with Crippen molar-refractivity contribution in [1.82, 2.24) is 9.21 Å². The van der Waals surface area contributed by atoms with Crippen LogP contribution in [-0.4, -0.2) is 49.8 Å². The minimum Gasteiger partial charge on any atom is -0.491 e. The van der Waals surface area contributed by atoms with Gasteiger partial charge in [0.25, 0.3) is 0 Å². The number of aryl methyl sites for hydroxylation is 1. The van der Waals surface area contributed by atoms with E-state index in [0.717, 1.165) is 29.7 Å². The molecule has 0 N–H and O–H groups in total. The number of ether oxygens (including phenoxy) is 1. The first-order valence-corrected chi connectivity index (χ1v) is 16.1. The van der Waals surface area contributed by atoms with Crippen LogP contribution in [0.3, 0.4) is 0 Å². The third-order valence-corrected chi connectivity index (χ3v) is 10.4. The average molecular weight is 569 g/mol. The molecule has 4 rings (SSSR count). The fourth-order valence-corrected chi connectivity index (χ4v) is 7.26. The van der Waals surface area contributed by atoms with Crippen LogP contribution in [0.4, 0.5) is 0 Å². The van der Waals surface area contributed by atoms with Crippen molar-refractivity contribution >= 4 is 27.3 Å². The Morgan fingerprint density at radius 2 is 1.77 bits per heavy atom. The van der Waals surface area contributed by atoms with Crippen LogP contribution >= 0.6 is 11.3 Å². The van der Waals surface area contributed by atoms with Gasteiger partial charge in [0.05, 0.1) is 17.5 Å². The van der Waals surface area contributed by atoms with E-state index in [0.29, 0.717) is 25.6 Å². The molecule has 1 aliphatic heterocycles. The fourth-order valence-electron chi connectivity index (χ4n) is 4.82. The van der Waals surface area contributed by atoms with Crippen LogP contribution in [0.5, 0.6) is 5.75 Å². The SMILES string of the molecule is CC[C@H](C)CN(CC(=O)N1CCc2sccc2[C@H]1COc1ccc(C(C)C)cc1)S(=O)(=O)c1ccc(C)cc1. The Morgan fingerprint density at radius 3 is 2.41 bits per heavy atom. The van der Waals surface area contributed by atoms with Crippen LogP contribution < -0.4 is 4.74 Å². The standard InChI is InChI=1S/C31H40N2O4S2/c1-6-23(4)19-32(39(35,36)27-13-7-24(5)8-14-27)20-31(34)33-17-15-30-28(16-18-38-30)29(33)21-37-26-11-9-25(10-12-26)22(2)3/h7-14,16,18,22-23,29H,6,15,17,19-21H2,1-5H3/t23-,29+/m0/s1. The molecule has 0 aliphatic carbocycles. The summed E-state index contributed by atoms with van der Waals surface area (Å²) in [5.41, 5.74) is 3.32. The van der Waals surface area contributed by atoms with E-state index in [4.69, 9.17) is 4.74 Å². The number of carbonyl (C=O) groups is 1. The predicted molar refractivity (Wildman–Crippen MR) is 158 cm³/mol. The highest BCUT2D eigenvalue weighted by molar-refractivity contribution is 7.89. The summed E-state index contributed by atoms with van der Waals surface area (Å²) in [6.07, 6.45) is 1.58. The van der Waals surface area contributed by atoms with Gasteiger partial charge in [-0.2, -0.15) is 4.31 Å². The molecule has 0 spiro atoms. The Balaban J connectivity index is 1.56. The monoisotopic (exact) mass is 568 g/mol. The number of hydrogen-bond donors (Lipinski definition) is 0. The summed E-state index contributed by atoms with van der Waals surface area (Å²) in [6.45, 7) is 11.2. The van der Waals surface area contributed by atoms with Gasteiger partial charge in [-0.25, -0.2) is 8.42 Å². The van der Waals surface area contributed by atoms with Crippen LogP contribution in [0.1, 0.15) is 67.6 Å². The molecule has 0 bridgehead atoms. The van der Waals surface area contributed by atoms with Crippen molar-refractivity contribution in [1.29, 1.82) is 0 Å². The summed E-state index contributed by atoms with van der Waals surface area (Å²) in [6, 6.07) is 16.7. The summed E-state index contributed by atoms with van der Waals surface area (Å²) in [5, 5.41) is 2.06. The molecule has 1 amide bonds. The molecule has 2 aromatic carbocycles. The summed E-state index contributed by atoms with van der Waals surface area (Å²) in [5.74, 6) is 1.12. The van der Waals surface area contributed by atoms with E-state index in [-0.39, 0.29) is 29.3 Å². The van der Waals surface area contributed by atoms with Crippen LogP contribution in [0.25, 0.3) is 0 Å². The third kappa shape index (κ3) is 6.91. The van der Waals surface area contributed by atoms with E-state index < -0.39 is 10.0 Å². The van der Waals surface area contributed by atoms with Gasteiger partial charge in [-0.3, -0.25) is 4.79 Å². The molecule has 0 radical (unpaired) electrons. The molecule has 2 atom stereocenters. The summed E-state index contributed by atoms with van der Waals surface area (Å²) in [4.78, 5) is 17.1. The van der Waals surface area contributed by atoms with E-state index in [1.807, 2.05) is 37.8 Å². The maximum absolute atomic E-state index is 13.9. The molecule has 3 aromatic rings. The molecule has 0 fully saturated rings. The van der Waals surface area contributed by atoms with Gasteiger partial charge in [-0.1, -0.05) is 63.9 Å². The lowest BCUT2D eigenvalue weighted by Gasteiger charge is -2.37. The molecular formula is C31H40N2O4S2. The van der Waals surface area contributed by atoms with Gasteiger partial charge >= 0.3 is 0 Å². The molecule has 6 nitrogen and oxygen atoms in total. The molecule has 0 saturated carbocycles. The third-order valence-electron chi connectivity index (χ3n) is 7.55. The highest BCUT2D eigenvalue weighted by atomic mass is 32.2. The highest BCUT2D eigenvalue weighted by Gasteiger charge is 2.35. The van der Waals surface area contributed by atoms with Crippen LogP contribution in [0.2, 0.25) is 0 Å².